The zero-order chi connectivity index (χ0) is 29.7. The highest BCUT2D eigenvalue weighted by Gasteiger charge is 2.35. The summed E-state index contributed by atoms with van der Waals surface area (Å²) in [4.78, 5) is 46.9. The minimum absolute atomic E-state index is 0.0414. The quantitative estimate of drug-likeness (QED) is 0.435. The van der Waals surface area contributed by atoms with Crippen molar-refractivity contribution in [2.24, 2.45) is 11.1 Å². The number of primary amides is 1. The monoisotopic (exact) mass is 558 g/mol. The Labute approximate surface area is 240 Å². The lowest BCUT2D eigenvalue weighted by Crippen LogP contribution is -2.39. The van der Waals surface area contributed by atoms with Crippen LogP contribution in [0.15, 0.2) is 54.6 Å². The molecule has 2 amide bonds. The number of ketones is 1. The summed E-state index contributed by atoms with van der Waals surface area (Å²) in [5.41, 5.74) is 9.32. The third kappa shape index (κ3) is 7.48. The van der Waals surface area contributed by atoms with Crippen LogP contribution in [0, 0.1) is 12.3 Å². The van der Waals surface area contributed by atoms with Gasteiger partial charge in [-0.1, -0.05) is 32.0 Å². The Morgan fingerprint density at radius 2 is 1.59 bits per heavy atom. The first-order chi connectivity index (χ1) is 19.4. The normalized spacial score (nSPS) is 19.3. The zero-order valence-electron chi connectivity index (χ0n) is 24.1. The van der Waals surface area contributed by atoms with Gasteiger partial charge in [-0.25, -0.2) is 4.68 Å². The average molecular weight is 559 g/mol. The largest absolute Gasteiger partial charge is 0.463 e. The van der Waals surface area contributed by atoms with Crippen molar-refractivity contribution < 1.29 is 23.9 Å². The number of esters is 1. The van der Waals surface area contributed by atoms with Crippen LogP contribution in [0.2, 0.25) is 0 Å². The molecule has 1 heterocycles. The van der Waals surface area contributed by atoms with Crippen molar-refractivity contribution in [3.05, 3.63) is 82.7 Å². The molecule has 3 aromatic rings. The fraction of sp³-hybridized carbons (Fsp3) is 0.406. The smallest absolute Gasteiger partial charge is 0.302 e. The van der Waals surface area contributed by atoms with E-state index in [1.165, 1.54) is 6.92 Å². The number of aromatic nitrogens is 2. The SMILES string of the molecule is CC(=O)OC1CCC(NC(=O)c2ccc(-n3nc(C)c4c3CC(C)(C)CC4=O)cc2)CC1.NC(=O)c1ccccc1. The number of carbonyl (C=O) groups excluding carboxylic acids is 4. The molecule has 0 atom stereocenters. The zero-order valence-corrected chi connectivity index (χ0v) is 24.1. The van der Waals surface area contributed by atoms with Gasteiger partial charge in [0.25, 0.3) is 5.91 Å². The van der Waals surface area contributed by atoms with Crippen LogP contribution in [0.25, 0.3) is 5.69 Å². The molecule has 0 saturated heterocycles. The Kier molecular flexibility index (Phi) is 9.05. The standard InChI is InChI=1S/C25H31N3O4.C7H7NO/c1-15-23-21(13-25(3,4)14-22(23)30)28(27-15)19-9-5-17(6-10-19)24(31)26-18-7-11-20(12-8-18)32-16(2)29;8-7(9)6-4-2-1-3-5-6/h5-6,9-10,18,20H,7-8,11-14H2,1-4H3,(H,26,31);1-5H,(H2,8,9). The van der Waals surface area contributed by atoms with E-state index in [4.69, 9.17) is 10.5 Å². The van der Waals surface area contributed by atoms with E-state index in [0.29, 0.717) is 17.5 Å². The van der Waals surface area contributed by atoms with E-state index in [0.717, 1.165) is 54.7 Å². The summed E-state index contributed by atoms with van der Waals surface area (Å²) in [6, 6.07) is 16.2. The highest BCUT2D eigenvalue weighted by molar-refractivity contribution is 6.00. The van der Waals surface area contributed by atoms with Crippen molar-refractivity contribution in [3.63, 3.8) is 0 Å². The number of rotatable bonds is 5. The minimum atomic E-state index is -0.379. The highest BCUT2D eigenvalue weighted by Crippen LogP contribution is 2.37. The first-order valence-electron chi connectivity index (χ1n) is 14.0. The lowest BCUT2D eigenvalue weighted by molar-refractivity contribution is -0.147. The Balaban J connectivity index is 0.000000367. The van der Waals surface area contributed by atoms with Gasteiger partial charge < -0.3 is 15.8 Å². The lowest BCUT2D eigenvalue weighted by Gasteiger charge is -2.29. The van der Waals surface area contributed by atoms with Gasteiger partial charge in [0.1, 0.15) is 6.10 Å². The Bertz CT molecular complexity index is 1420. The predicted octanol–water partition coefficient (Wildman–Crippen LogP) is 4.73. The van der Waals surface area contributed by atoms with Crippen molar-refractivity contribution in [3.8, 4) is 5.69 Å². The number of ether oxygens (including phenoxy) is 1. The molecule has 1 saturated carbocycles. The van der Waals surface area contributed by atoms with E-state index < -0.39 is 0 Å². The van der Waals surface area contributed by atoms with Gasteiger partial charge >= 0.3 is 5.97 Å². The Morgan fingerprint density at radius 1 is 0.951 bits per heavy atom. The van der Waals surface area contributed by atoms with E-state index in [1.807, 2.05) is 29.8 Å². The summed E-state index contributed by atoms with van der Waals surface area (Å²) in [6.07, 6.45) is 4.40. The van der Waals surface area contributed by atoms with E-state index in [-0.39, 0.29) is 41.1 Å². The van der Waals surface area contributed by atoms with E-state index >= 15 is 0 Å². The van der Waals surface area contributed by atoms with Gasteiger partial charge in [0.2, 0.25) is 5.91 Å². The number of fused-ring (bicyclic) bond motifs is 1. The van der Waals surface area contributed by atoms with E-state index in [1.54, 1.807) is 36.4 Å². The maximum absolute atomic E-state index is 12.7. The summed E-state index contributed by atoms with van der Waals surface area (Å²) < 4.78 is 7.11. The van der Waals surface area contributed by atoms with Gasteiger partial charge in [0, 0.05) is 30.5 Å². The van der Waals surface area contributed by atoms with Gasteiger partial charge in [0.15, 0.2) is 5.78 Å². The van der Waals surface area contributed by atoms with E-state index in [2.05, 4.69) is 24.3 Å². The van der Waals surface area contributed by atoms with Crippen molar-refractivity contribution in [1.29, 1.82) is 0 Å². The topological polar surface area (TPSA) is 133 Å². The number of Topliss-reactive ketones (excluding diaryl/α,β-unsaturated/α-hetero) is 1. The highest BCUT2D eigenvalue weighted by atomic mass is 16.5. The van der Waals surface area contributed by atoms with Crippen LogP contribution in [0.4, 0.5) is 0 Å². The molecule has 2 aromatic carbocycles. The number of nitrogens with zero attached hydrogens (tertiary/aromatic N) is 2. The molecule has 2 aliphatic carbocycles. The number of carbonyl (C=O) groups is 4. The fourth-order valence-electron chi connectivity index (χ4n) is 5.54. The second-order valence-corrected chi connectivity index (χ2v) is 11.6. The van der Waals surface area contributed by atoms with Crippen molar-refractivity contribution in [1.82, 2.24) is 15.1 Å². The van der Waals surface area contributed by atoms with Gasteiger partial charge in [-0.05, 0) is 80.8 Å². The minimum Gasteiger partial charge on any atom is -0.463 e. The summed E-state index contributed by atoms with van der Waals surface area (Å²) in [7, 11) is 0. The second-order valence-electron chi connectivity index (χ2n) is 11.6. The number of nitrogens with one attached hydrogen (secondary N) is 1. The molecule has 0 spiro atoms. The molecule has 41 heavy (non-hydrogen) atoms. The number of amides is 2. The van der Waals surface area contributed by atoms with Crippen molar-refractivity contribution in [2.45, 2.75) is 78.4 Å². The molecule has 0 unspecified atom stereocenters. The first kappa shape index (κ1) is 29.7. The molecule has 3 N–H and O–H groups in total. The maximum Gasteiger partial charge on any atom is 0.302 e. The molecule has 0 radical (unpaired) electrons. The summed E-state index contributed by atoms with van der Waals surface area (Å²) in [6.45, 7) is 7.52. The number of hydrogen-bond donors (Lipinski definition) is 2. The molecule has 1 fully saturated rings. The van der Waals surface area contributed by atoms with Crippen molar-refractivity contribution >= 4 is 23.6 Å². The molecule has 2 aliphatic rings. The van der Waals surface area contributed by atoms with Crippen molar-refractivity contribution in [2.75, 3.05) is 0 Å². The number of nitrogens with two attached hydrogens (primary N) is 1. The molecular weight excluding hydrogens is 520 g/mol. The van der Waals surface area contributed by atoms with Crippen LogP contribution in [-0.2, 0) is 16.0 Å². The molecule has 5 rings (SSSR count). The van der Waals surface area contributed by atoms with Crippen LogP contribution in [0.5, 0.6) is 0 Å². The van der Waals surface area contributed by atoms with Crippen LogP contribution in [0.3, 0.4) is 0 Å². The summed E-state index contributed by atoms with van der Waals surface area (Å²) >= 11 is 0. The van der Waals surface area contributed by atoms with Gasteiger partial charge in [-0.3, -0.25) is 19.2 Å². The molecule has 0 aliphatic heterocycles. The van der Waals surface area contributed by atoms with Crippen LogP contribution >= 0.6 is 0 Å². The molecule has 216 valence electrons. The van der Waals surface area contributed by atoms with Gasteiger partial charge in [0.05, 0.1) is 22.6 Å². The molecule has 9 nitrogen and oxygen atoms in total. The average Bonchev–Trinajstić information content (AvgIpc) is 3.25. The van der Waals surface area contributed by atoms with Gasteiger partial charge in [-0.15, -0.1) is 0 Å². The molecule has 0 bridgehead atoms. The second kappa shape index (κ2) is 12.5. The lowest BCUT2D eigenvalue weighted by atomic mass is 9.75. The van der Waals surface area contributed by atoms with Crippen LogP contribution < -0.4 is 11.1 Å². The molecular formula is C32H38N4O5. The van der Waals surface area contributed by atoms with Crippen LogP contribution in [0.1, 0.15) is 95.3 Å². The first-order valence-corrected chi connectivity index (χ1v) is 14.0. The van der Waals surface area contributed by atoms with E-state index in [9.17, 15) is 19.2 Å². The maximum atomic E-state index is 12.7. The summed E-state index contributed by atoms with van der Waals surface area (Å²) in [5.74, 6) is -0.586. The number of aryl methyl sites for hydroxylation is 1. The molecule has 1 aromatic heterocycles. The van der Waals surface area contributed by atoms with Gasteiger partial charge in [-0.2, -0.15) is 5.10 Å². The fourth-order valence-corrected chi connectivity index (χ4v) is 5.54. The Morgan fingerprint density at radius 3 is 2.15 bits per heavy atom. The third-order valence-electron chi connectivity index (χ3n) is 7.49. The Hall–Kier alpha value is -4.27. The summed E-state index contributed by atoms with van der Waals surface area (Å²) in [5, 5.41) is 7.73. The predicted molar refractivity (Wildman–Crippen MR) is 155 cm³/mol. The third-order valence-corrected chi connectivity index (χ3v) is 7.49. The molecule has 9 heteroatoms. The number of benzene rings is 2. The van der Waals surface area contributed by atoms with Crippen LogP contribution in [-0.4, -0.2) is 45.5 Å². The number of hydrogen-bond acceptors (Lipinski definition) is 6.